The van der Waals surface area contributed by atoms with Crippen molar-refractivity contribution >= 4 is 0 Å². The predicted molar refractivity (Wildman–Crippen MR) is 52.7 cm³/mol. The molecule has 1 aromatic rings. The van der Waals surface area contributed by atoms with Crippen molar-refractivity contribution in [3.8, 4) is 0 Å². The van der Waals surface area contributed by atoms with Gasteiger partial charge in [0.25, 0.3) is 0 Å². The zero-order chi connectivity index (χ0) is 9.26. The molecule has 2 N–H and O–H groups in total. The molecule has 72 valence electrons. The SMILES string of the molecule is Cc1nc2n(c1CCN)CCCC2. The topological polar surface area (TPSA) is 43.8 Å². The Kier molecular flexibility index (Phi) is 2.36. The van der Waals surface area contributed by atoms with Gasteiger partial charge in [-0.1, -0.05) is 0 Å². The van der Waals surface area contributed by atoms with Crippen LogP contribution in [0.25, 0.3) is 0 Å². The van der Waals surface area contributed by atoms with E-state index in [0.717, 1.165) is 25.9 Å². The molecular weight excluding hydrogens is 162 g/mol. The lowest BCUT2D eigenvalue weighted by Gasteiger charge is -2.16. The molecule has 0 amide bonds. The number of fused-ring (bicyclic) bond motifs is 1. The second kappa shape index (κ2) is 3.50. The molecule has 2 heterocycles. The van der Waals surface area contributed by atoms with Crippen LogP contribution in [0, 0.1) is 6.92 Å². The van der Waals surface area contributed by atoms with E-state index in [-0.39, 0.29) is 0 Å². The first-order valence-corrected chi connectivity index (χ1v) is 5.08. The summed E-state index contributed by atoms with van der Waals surface area (Å²) < 4.78 is 2.37. The Morgan fingerprint density at radius 2 is 2.31 bits per heavy atom. The highest BCUT2D eigenvalue weighted by atomic mass is 15.1. The first-order chi connectivity index (χ1) is 6.33. The predicted octanol–water partition coefficient (Wildman–Crippen LogP) is 1.03. The zero-order valence-corrected chi connectivity index (χ0v) is 8.21. The summed E-state index contributed by atoms with van der Waals surface area (Å²) in [5.74, 6) is 1.27. The van der Waals surface area contributed by atoms with Crippen LogP contribution in [0.1, 0.15) is 30.1 Å². The fourth-order valence-corrected chi connectivity index (χ4v) is 2.13. The maximum atomic E-state index is 5.58. The molecular formula is C10H17N3. The lowest BCUT2D eigenvalue weighted by atomic mass is 10.1. The summed E-state index contributed by atoms with van der Waals surface area (Å²) in [6, 6.07) is 0. The molecule has 0 saturated heterocycles. The quantitative estimate of drug-likeness (QED) is 0.737. The monoisotopic (exact) mass is 179 g/mol. The van der Waals surface area contributed by atoms with E-state index >= 15 is 0 Å². The first kappa shape index (κ1) is 8.75. The summed E-state index contributed by atoms with van der Waals surface area (Å²) in [4.78, 5) is 4.58. The lowest BCUT2D eigenvalue weighted by molar-refractivity contribution is 0.508. The smallest absolute Gasteiger partial charge is 0.109 e. The zero-order valence-electron chi connectivity index (χ0n) is 8.21. The minimum absolute atomic E-state index is 0.728. The Balaban J connectivity index is 2.36. The summed E-state index contributed by atoms with van der Waals surface area (Å²) in [6.45, 7) is 3.97. The number of hydrogen-bond donors (Lipinski definition) is 1. The Hall–Kier alpha value is -0.830. The molecule has 3 nitrogen and oxygen atoms in total. The molecule has 3 heteroatoms. The van der Waals surface area contributed by atoms with Crippen LogP contribution < -0.4 is 5.73 Å². The van der Waals surface area contributed by atoms with Gasteiger partial charge in [-0.3, -0.25) is 0 Å². The highest BCUT2D eigenvalue weighted by Crippen LogP contribution is 2.19. The van der Waals surface area contributed by atoms with Crippen LogP contribution in [0.2, 0.25) is 0 Å². The summed E-state index contributed by atoms with van der Waals surface area (Å²) in [6.07, 6.45) is 4.70. The van der Waals surface area contributed by atoms with Crippen molar-refractivity contribution in [1.29, 1.82) is 0 Å². The third-order valence-corrected chi connectivity index (χ3v) is 2.77. The molecule has 0 spiro atoms. The van der Waals surface area contributed by atoms with Crippen molar-refractivity contribution in [3.05, 3.63) is 17.2 Å². The van der Waals surface area contributed by atoms with E-state index in [1.54, 1.807) is 0 Å². The van der Waals surface area contributed by atoms with Crippen molar-refractivity contribution in [2.24, 2.45) is 5.73 Å². The van der Waals surface area contributed by atoms with Crippen molar-refractivity contribution in [1.82, 2.24) is 9.55 Å². The van der Waals surface area contributed by atoms with Crippen molar-refractivity contribution in [2.45, 2.75) is 39.2 Å². The molecule has 1 aromatic heterocycles. The number of nitrogens with zero attached hydrogens (tertiary/aromatic N) is 2. The Morgan fingerprint density at radius 3 is 3.08 bits per heavy atom. The number of nitrogens with two attached hydrogens (primary N) is 1. The molecule has 0 unspecified atom stereocenters. The Bertz CT molecular complexity index is 301. The summed E-state index contributed by atoms with van der Waals surface area (Å²) in [5.41, 5.74) is 8.12. The van der Waals surface area contributed by atoms with E-state index in [1.165, 1.54) is 30.1 Å². The van der Waals surface area contributed by atoms with Gasteiger partial charge < -0.3 is 10.3 Å². The molecule has 0 bridgehead atoms. The van der Waals surface area contributed by atoms with Crippen molar-refractivity contribution < 1.29 is 0 Å². The van der Waals surface area contributed by atoms with Crippen LogP contribution in [0.5, 0.6) is 0 Å². The first-order valence-electron chi connectivity index (χ1n) is 5.08. The molecule has 0 saturated carbocycles. The van der Waals surface area contributed by atoms with E-state index in [0.29, 0.717) is 0 Å². The molecule has 0 aliphatic carbocycles. The van der Waals surface area contributed by atoms with Gasteiger partial charge in [-0.25, -0.2) is 4.98 Å². The lowest BCUT2D eigenvalue weighted by Crippen LogP contribution is -2.15. The van der Waals surface area contributed by atoms with Crippen LogP contribution in [-0.2, 0) is 19.4 Å². The largest absolute Gasteiger partial charge is 0.332 e. The standard InChI is InChI=1S/C10H17N3/c1-8-9(5-6-11)13-7-3-2-4-10(13)12-8/h2-7,11H2,1H3. The third-order valence-electron chi connectivity index (χ3n) is 2.77. The summed E-state index contributed by atoms with van der Waals surface area (Å²) in [5, 5.41) is 0. The van der Waals surface area contributed by atoms with Gasteiger partial charge in [0.1, 0.15) is 5.82 Å². The highest BCUT2D eigenvalue weighted by molar-refractivity contribution is 5.17. The molecule has 2 rings (SSSR count). The number of aromatic nitrogens is 2. The molecule has 13 heavy (non-hydrogen) atoms. The van der Waals surface area contributed by atoms with Gasteiger partial charge in [-0.05, 0) is 26.3 Å². The number of aryl methyl sites for hydroxylation is 2. The maximum absolute atomic E-state index is 5.58. The van der Waals surface area contributed by atoms with Gasteiger partial charge in [-0.15, -0.1) is 0 Å². The van der Waals surface area contributed by atoms with Crippen molar-refractivity contribution in [3.63, 3.8) is 0 Å². The Labute approximate surface area is 79.0 Å². The van der Waals surface area contributed by atoms with Gasteiger partial charge in [0.15, 0.2) is 0 Å². The number of imidazole rings is 1. The van der Waals surface area contributed by atoms with Crippen LogP contribution >= 0.6 is 0 Å². The third kappa shape index (κ3) is 1.48. The number of hydrogen-bond acceptors (Lipinski definition) is 2. The average Bonchev–Trinajstić information content (AvgIpc) is 2.44. The van der Waals surface area contributed by atoms with Crippen LogP contribution in [-0.4, -0.2) is 16.1 Å². The molecule has 0 radical (unpaired) electrons. The van der Waals surface area contributed by atoms with Crippen molar-refractivity contribution in [2.75, 3.05) is 6.54 Å². The van der Waals surface area contributed by atoms with E-state index in [1.807, 2.05) is 0 Å². The van der Waals surface area contributed by atoms with E-state index in [2.05, 4.69) is 16.5 Å². The van der Waals surface area contributed by atoms with Gasteiger partial charge in [0.2, 0.25) is 0 Å². The normalized spacial score (nSPS) is 15.8. The minimum atomic E-state index is 0.728. The Morgan fingerprint density at radius 1 is 1.46 bits per heavy atom. The van der Waals surface area contributed by atoms with Gasteiger partial charge in [0.05, 0.1) is 5.69 Å². The second-order valence-electron chi connectivity index (χ2n) is 3.71. The van der Waals surface area contributed by atoms with Gasteiger partial charge >= 0.3 is 0 Å². The van der Waals surface area contributed by atoms with E-state index in [4.69, 9.17) is 5.73 Å². The highest BCUT2D eigenvalue weighted by Gasteiger charge is 2.16. The molecule has 0 aromatic carbocycles. The number of rotatable bonds is 2. The minimum Gasteiger partial charge on any atom is -0.332 e. The van der Waals surface area contributed by atoms with E-state index < -0.39 is 0 Å². The molecule has 0 fully saturated rings. The fraction of sp³-hybridized carbons (Fsp3) is 0.700. The maximum Gasteiger partial charge on any atom is 0.109 e. The average molecular weight is 179 g/mol. The van der Waals surface area contributed by atoms with E-state index in [9.17, 15) is 0 Å². The molecule has 1 aliphatic rings. The van der Waals surface area contributed by atoms with Crippen LogP contribution in [0.4, 0.5) is 0 Å². The summed E-state index contributed by atoms with van der Waals surface area (Å²) >= 11 is 0. The second-order valence-corrected chi connectivity index (χ2v) is 3.71. The summed E-state index contributed by atoms with van der Waals surface area (Å²) in [7, 11) is 0. The molecule has 0 atom stereocenters. The van der Waals surface area contributed by atoms with Gasteiger partial charge in [0, 0.05) is 25.1 Å². The fourth-order valence-electron chi connectivity index (χ4n) is 2.13. The molecule has 1 aliphatic heterocycles. The van der Waals surface area contributed by atoms with Crippen LogP contribution in [0.15, 0.2) is 0 Å². The van der Waals surface area contributed by atoms with Gasteiger partial charge in [-0.2, -0.15) is 0 Å². The van der Waals surface area contributed by atoms with Crippen LogP contribution in [0.3, 0.4) is 0 Å².